The molecule has 1 atom stereocenters. The van der Waals surface area contributed by atoms with Crippen LogP contribution >= 0.6 is 0 Å². The van der Waals surface area contributed by atoms with Crippen molar-refractivity contribution in [1.29, 1.82) is 0 Å². The molecule has 0 aromatic carbocycles. The zero-order valence-corrected chi connectivity index (χ0v) is 34.6. The normalized spacial score (nSPS) is 12.1. The summed E-state index contributed by atoms with van der Waals surface area (Å²) in [5, 5.41) is 0. The molecule has 0 N–H and O–H groups in total. The Hall–Kier alpha value is -2.11. The van der Waals surface area contributed by atoms with Crippen molar-refractivity contribution in [3.63, 3.8) is 0 Å². The number of carbonyl (C=O) groups excluding carboxylic acids is 3. The van der Waals surface area contributed by atoms with Gasteiger partial charge in [0, 0.05) is 19.3 Å². The molecular weight excluding hydrogens is 648 g/mol. The van der Waals surface area contributed by atoms with Gasteiger partial charge in [0.15, 0.2) is 6.10 Å². The molecular formula is C46H84O6. The first kappa shape index (κ1) is 49.9. The second-order valence-electron chi connectivity index (χ2n) is 15.0. The summed E-state index contributed by atoms with van der Waals surface area (Å²) in [6, 6.07) is 0. The highest BCUT2D eigenvalue weighted by Crippen LogP contribution is 2.13. The van der Waals surface area contributed by atoms with Gasteiger partial charge < -0.3 is 14.2 Å². The van der Waals surface area contributed by atoms with Crippen molar-refractivity contribution < 1.29 is 28.6 Å². The Balaban J connectivity index is 4.29. The van der Waals surface area contributed by atoms with E-state index in [2.05, 4.69) is 45.1 Å². The van der Waals surface area contributed by atoms with Crippen molar-refractivity contribution in [3.05, 3.63) is 24.3 Å². The molecule has 0 aromatic heterocycles. The van der Waals surface area contributed by atoms with Crippen LogP contribution in [0.15, 0.2) is 24.3 Å². The highest BCUT2D eigenvalue weighted by atomic mass is 16.6. The van der Waals surface area contributed by atoms with E-state index in [4.69, 9.17) is 14.2 Å². The maximum atomic E-state index is 12.7. The summed E-state index contributed by atoms with van der Waals surface area (Å²) in [5.74, 6) is -0.901. The Bertz CT molecular complexity index is 850. The molecule has 0 spiro atoms. The predicted molar refractivity (Wildman–Crippen MR) is 219 cm³/mol. The topological polar surface area (TPSA) is 78.9 Å². The molecule has 6 heteroatoms. The van der Waals surface area contributed by atoms with Crippen LogP contribution in [-0.4, -0.2) is 37.2 Å². The van der Waals surface area contributed by atoms with Crippen LogP contribution in [0.3, 0.4) is 0 Å². The second kappa shape index (κ2) is 41.6. The number of unbranched alkanes of at least 4 members (excludes halogenated alkanes) is 25. The summed E-state index contributed by atoms with van der Waals surface area (Å²) in [6.45, 7) is 6.54. The number of rotatable bonds is 40. The maximum Gasteiger partial charge on any atom is 0.306 e. The van der Waals surface area contributed by atoms with Crippen LogP contribution in [0.1, 0.15) is 233 Å². The lowest BCUT2D eigenvalue weighted by Gasteiger charge is -2.18. The SMILES string of the molecule is CCCCCC/C=C\CCCCCCCC(=O)OC(COC(=O)CCCCCCCC)COC(=O)CCCCCCC/C=C\CCCCCCCC. The quantitative estimate of drug-likeness (QED) is 0.0270. The molecule has 0 saturated heterocycles. The molecule has 0 aliphatic rings. The largest absolute Gasteiger partial charge is 0.462 e. The summed E-state index contributed by atoms with van der Waals surface area (Å²) in [5.41, 5.74) is 0. The Morgan fingerprint density at radius 2 is 0.635 bits per heavy atom. The monoisotopic (exact) mass is 733 g/mol. The molecule has 0 aliphatic heterocycles. The lowest BCUT2D eigenvalue weighted by atomic mass is 10.1. The van der Waals surface area contributed by atoms with Crippen molar-refractivity contribution in [1.82, 2.24) is 0 Å². The fourth-order valence-corrected chi connectivity index (χ4v) is 6.25. The number of allylic oxidation sites excluding steroid dienone is 4. The molecule has 0 saturated carbocycles. The van der Waals surface area contributed by atoms with Gasteiger partial charge in [0.05, 0.1) is 0 Å². The van der Waals surface area contributed by atoms with Gasteiger partial charge in [-0.25, -0.2) is 0 Å². The third-order valence-electron chi connectivity index (χ3n) is 9.68. The van der Waals surface area contributed by atoms with E-state index in [0.29, 0.717) is 19.3 Å². The van der Waals surface area contributed by atoms with Crippen molar-refractivity contribution in [2.75, 3.05) is 13.2 Å². The first-order chi connectivity index (χ1) is 25.5. The number of carbonyl (C=O) groups is 3. The highest BCUT2D eigenvalue weighted by Gasteiger charge is 2.19. The fourth-order valence-electron chi connectivity index (χ4n) is 6.25. The Kier molecular flexibility index (Phi) is 40.0. The van der Waals surface area contributed by atoms with Gasteiger partial charge in [-0.2, -0.15) is 0 Å². The van der Waals surface area contributed by atoms with E-state index in [1.165, 1.54) is 122 Å². The summed E-state index contributed by atoms with van der Waals surface area (Å²) in [4.78, 5) is 37.5. The van der Waals surface area contributed by atoms with Crippen LogP contribution in [-0.2, 0) is 28.6 Å². The van der Waals surface area contributed by atoms with E-state index >= 15 is 0 Å². The van der Waals surface area contributed by atoms with Gasteiger partial charge >= 0.3 is 17.9 Å². The predicted octanol–water partition coefficient (Wildman–Crippen LogP) is 14.0. The maximum absolute atomic E-state index is 12.7. The number of esters is 3. The van der Waals surface area contributed by atoms with Crippen LogP contribution in [0.5, 0.6) is 0 Å². The number of hydrogen-bond acceptors (Lipinski definition) is 6. The van der Waals surface area contributed by atoms with Gasteiger partial charge in [-0.15, -0.1) is 0 Å². The minimum atomic E-state index is -0.771. The molecule has 1 unspecified atom stereocenters. The molecule has 0 radical (unpaired) electrons. The van der Waals surface area contributed by atoms with Gasteiger partial charge in [-0.05, 0) is 70.6 Å². The van der Waals surface area contributed by atoms with Crippen molar-refractivity contribution in [2.24, 2.45) is 0 Å². The van der Waals surface area contributed by atoms with E-state index in [0.717, 1.165) is 70.6 Å². The van der Waals surface area contributed by atoms with E-state index in [-0.39, 0.29) is 31.1 Å². The van der Waals surface area contributed by atoms with Crippen LogP contribution < -0.4 is 0 Å². The molecule has 0 aliphatic carbocycles. The van der Waals surface area contributed by atoms with Crippen molar-refractivity contribution in [2.45, 2.75) is 239 Å². The Labute approximate surface area is 322 Å². The minimum absolute atomic E-state index is 0.0762. The summed E-state index contributed by atoms with van der Waals surface area (Å²) >= 11 is 0. The van der Waals surface area contributed by atoms with Crippen molar-refractivity contribution in [3.8, 4) is 0 Å². The average Bonchev–Trinajstić information content (AvgIpc) is 3.14. The Morgan fingerprint density at radius 3 is 0.981 bits per heavy atom. The van der Waals surface area contributed by atoms with Crippen LogP contribution in [0.4, 0.5) is 0 Å². The third-order valence-corrected chi connectivity index (χ3v) is 9.68. The van der Waals surface area contributed by atoms with Gasteiger partial charge in [0.25, 0.3) is 0 Å². The molecule has 0 amide bonds. The third kappa shape index (κ3) is 39.1. The molecule has 0 heterocycles. The molecule has 0 fully saturated rings. The summed E-state index contributed by atoms with van der Waals surface area (Å²) in [6.07, 6.45) is 44.6. The molecule has 0 bridgehead atoms. The highest BCUT2D eigenvalue weighted by molar-refractivity contribution is 5.71. The standard InChI is InChI=1S/C46H84O6/c1-4-7-10-13-16-18-20-22-23-25-26-28-30-33-36-39-45(48)51-42-43(41-50-44(47)38-35-32-15-12-9-6-3)52-46(49)40-37-34-31-29-27-24-21-19-17-14-11-8-5-2/h19,21-23,43H,4-18,20,24-42H2,1-3H3/b21-19-,23-22-. The molecule has 0 rings (SSSR count). The lowest BCUT2D eigenvalue weighted by Crippen LogP contribution is -2.30. The van der Waals surface area contributed by atoms with E-state index in [1.807, 2.05) is 0 Å². The van der Waals surface area contributed by atoms with Gasteiger partial charge in [0.1, 0.15) is 13.2 Å². The summed E-state index contributed by atoms with van der Waals surface area (Å²) < 4.78 is 16.6. The Morgan fingerprint density at radius 1 is 0.365 bits per heavy atom. The van der Waals surface area contributed by atoms with Gasteiger partial charge in [-0.3, -0.25) is 14.4 Å². The number of hydrogen-bond donors (Lipinski definition) is 0. The van der Waals surface area contributed by atoms with E-state index in [1.54, 1.807) is 0 Å². The number of ether oxygens (including phenoxy) is 3. The second-order valence-corrected chi connectivity index (χ2v) is 15.0. The fraction of sp³-hybridized carbons (Fsp3) is 0.848. The van der Waals surface area contributed by atoms with Gasteiger partial charge in [-0.1, -0.05) is 167 Å². The van der Waals surface area contributed by atoms with E-state index in [9.17, 15) is 14.4 Å². The van der Waals surface area contributed by atoms with Crippen LogP contribution in [0, 0.1) is 0 Å². The first-order valence-electron chi connectivity index (χ1n) is 22.3. The molecule has 304 valence electrons. The summed E-state index contributed by atoms with van der Waals surface area (Å²) in [7, 11) is 0. The zero-order valence-electron chi connectivity index (χ0n) is 34.6. The van der Waals surface area contributed by atoms with Gasteiger partial charge in [0.2, 0.25) is 0 Å². The molecule has 52 heavy (non-hydrogen) atoms. The first-order valence-corrected chi connectivity index (χ1v) is 22.3. The van der Waals surface area contributed by atoms with E-state index < -0.39 is 6.10 Å². The molecule has 0 aromatic rings. The smallest absolute Gasteiger partial charge is 0.306 e. The lowest BCUT2D eigenvalue weighted by molar-refractivity contribution is -0.167. The van der Waals surface area contributed by atoms with Crippen molar-refractivity contribution >= 4 is 17.9 Å². The minimum Gasteiger partial charge on any atom is -0.462 e. The van der Waals surface area contributed by atoms with Crippen LogP contribution in [0.2, 0.25) is 0 Å². The zero-order chi connectivity index (χ0) is 38.0. The molecule has 6 nitrogen and oxygen atoms in total. The average molecular weight is 733 g/mol. The van der Waals surface area contributed by atoms with Crippen LogP contribution in [0.25, 0.3) is 0 Å².